The van der Waals surface area contributed by atoms with E-state index in [1.54, 1.807) is 0 Å². The monoisotopic (exact) mass is 265 g/mol. The van der Waals surface area contributed by atoms with E-state index in [9.17, 15) is 0 Å². The summed E-state index contributed by atoms with van der Waals surface area (Å²) in [4.78, 5) is 0. The maximum Gasteiger partial charge on any atom is 0.121 e. The zero-order chi connectivity index (χ0) is 12.3. The quantitative estimate of drug-likeness (QED) is 0.717. The van der Waals surface area contributed by atoms with Gasteiger partial charge in [-0.3, -0.25) is 4.48 Å². The van der Waals surface area contributed by atoms with E-state index in [1.807, 2.05) is 0 Å². The number of quaternary nitrogens is 1. The molecule has 1 aliphatic carbocycles. The number of nitrogens with zero attached hydrogens (tertiary/aromatic N) is 1. The largest absolute Gasteiger partial charge is 1.00 e. The minimum Gasteiger partial charge on any atom is -1.00 e. The van der Waals surface area contributed by atoms with Gasteiger partial charge in [-0.2, -0.15) is 0 Å². The summed E-state index contributed by atoms with van der Waals surface area (Å²) < 4.78 is 0.884. The van der Waals surface area contributed by atoms with E-state index in [0.29, 0.717) is 6.04 Å². The Kier molecular flexibility index (Phi) is 5.43. The predicted molar refractivity (Wildman–Crippen MR) is 73.4 cm³/mol. The molecular weight excluding hydrogens is 242 g/mol. The average molecular weight is 266 g/mol. The van der Waals surface area contributed by atoms with E-state index < -0.39 is 0 Å². The molecule has 0 amide bonds. The van der Waals surface area contributed by atoms with Gasteiger partial charge in [-0.25, -0.2) is 0 Å². The van der Waals surface area contributed by atoms with Crippen molar-refractivity contribution in [3.05, 3.63) is 48.7 Å². The van der Waals surface area contributed by atoms with E-state index in [0.717, 1.165) is 10.4 Å². The molecule has 2 heteroatoms. The van der Waals surface area contributed by atoms with Gasteiger partial charge < -0.3 is 12.4 Å². The molecule has 1 fully saturated rings. The van der Waals surface area contributed by atoms with E-state index in [1.165, 1.54) is 31.2 Å². The third-order valence-corrected chi connectivity index (χ3v) is 4.17. The van der Waals surface area contributed by atoms with Gasteiger partial charge in [0.1, 0.15) is 6.04 Å². The first-order valence-corrected chi connectivity index (χ1v) is 6.67. The van der Waals surface area contributed by atoms with Crippen molar-refractivity contribution >= 4 is 0 Å². The molecule has 1 aromatic carbocycles. The maximum absolute atomic E-state index is 4.02. The maximum atomic E-state index is 4.02. The van der Waals surface area contributed by atoms with Crippen LogP contribution in [0, 0.1) is 5.92 Å². The Balaban J connectivity index is 0.00000162. The molecule has 1 aromatic rings. The first-order chi connectivity index (χ1) is 8.15. The van der Waals surface area contributed by atoms with Crippen LogP contribution in [0.2, 0.25) is 0 Å². The van der Waals surface area contributed by atoms with Gasteiger partial charge in [0.15, 0.2) is 0 Å². The van der Waals surface area contributed by atoms with Crippen LogP contribution in [-0.2, 0) is 0 Å². The second-order valence-corrected chi connectivity index (χ2v) is 5.71. The first-order valence-electron chi connectivity index (χ1n) is 6.67. The molecule has 0 saturated heterocycles. The highest BCUT2D eigenvalue weighted by Crippen LogP contribution is 2.41. The molecule has 0 spiro atoms. The summed E-state index contributed by atoms with van der Waals surface area (Å²) in [7, 11) is 4.53. The van der Waals surface area contributed by atoms with E-state index in [2.05, 4.69) is 57.2 Å². The summed E-state index contributed by atoms with van der Waals surface area (Å²) >= 11 is 0. The van der Waals surface area contributed by atoms with Crippen LogP contribution in [-0.4, -0.2) is 18.6 Å². The normalized spacial score (nSPS) is 18.1. The fraction of sp³-hybridized carbons (Fsp3) is 0.500. The van der Waals surface area contributed by atoms with Crippen molar-refractivity contribution in [1.82, 2.24) is 0 Å². The number of hydrogen-bond donors (Lipinski definition) is 0. The summed E-state index contributed by atoms with van der Waals surface area (Å²) in [6, 6.07) is 11.5. The zero-order valence-electron chi connectivity index (χ0n) is 11.5. The molecule has 18 heavy (non-hydrogen) atoms. The standard InChI is InChI=1S/C16H24N.ClH/c1-4-17(2,3)16(15-12-8-9-13-15)14-10-6-5-7-11-14;/h4-7,10-11,15-16H,1,8-9,12-13H2,2-3H3;1H/q+1;/p-1. The Morgan fingerprint density at radius 1 is 1.17 bits per heavy atom. The van der Waals surface area contributed by atoms with Gasteiger partial charge in [0.05, 0.1) is 20.3 Å². The lowest BCUT2D eigenvalue weighted by Crippen LogP contribution is -3.00. The highest BCUT2D eigenvalue weighted by Gasteiger charge is 2.36. The highest BCUT2D eigenvalue weighted by atomic mass is 35.5. The molecule has 1 saturated carbocycles. The van der Waals surface area contributed by atoms with Crippen LogP contribution in [0.15, 0.2) is 43.1 Å². The number of rotatable bonds is 4. The van der Waals surface area contributed by atoms with E-state index in [4.69, 9.17) is 0 Å². The predicted octanol–water partition coefficient (Wildman–Crippen LogP) is 1.14. The van der Waals surface area contributed by atoms with Crippen LogP contribution in [0.25, 0.3) is 0 Å². The molecule has 2 rings (SSSR count). The van der Waals surface area contributed by atoms with Gasteiger partial charge in [-0.15, -0.1) is 0 Å². The van der Waals surface area contributed by atoms with Gasteiger partial charge in [0.25, 0.3) is 0 Å². The Morgan fingerprint density at radius 3 is 2.22 bits per heavy atom. The van der Waals surface area contributed by atoms with Crippen LogP contribution >= 0.6 is 0 Å². The van der Waals surface area contributed by atoms with Crippen LogP contribution in [0.1, 0.15) is 37.3 Å². The molecule has 100 valence electrons. The molecular formula is C16H24ClN. The average Bonchev–Trinajstić information content (AvgIpc) is 2.84. The van der Waals surface area contributed by atoms with Gasteiger partial charge in [0, 0.05) is 11.5 Å². The number of halogens is 1. The van der Waals surface area contributed by atoms with Crippen LogP contribution in [0.5, 0.6) is 0 Å². The first kappa shape index (κ1) is 15.3. The minimum atomic E-state index is 0. The summed E-state index contributed by atoms with van der Waals surface area (Å²) in [5.74, 6) is 0.811. The molecule has 0 aliphatic heterocycles. The Bertz CT molecular complexity index is 366. The second kappa shape index (κ2) is 6.40. The van der Waals surface area contributed by atoms with Crippen LogP contribution in [0.3, 0.4) is 0 Å². The van der Waals surface area contributed by atoms with Crippen molar-refractivity contribution in [1.29, 1.82) is 0 Å². The van der Waals surface area contributed by atoms with Crippen molar-refractivity contribution in [3.63, 3.8) is 0 Å². The Labute approximate surface area is 118 Å². The van der Waals surface area contributed by atoms with Crippen molar-refractivity contribution in [3.8, 4) is 0 Å². The fourth-order valence-corrected chi connectivity index (χ4v) is 3.24. The van der Waals surface area contributed by atoms with Crippen molar-refractivity contribution in [2.24, 2.45) is 5.92 Å². The second-order valence-electron chi connectivity index (χ2n) is 5.71. The molecule has 0 heterocycles. The minimum absolute atomic E-state index is 0. The molecule has 0 radical (unpaired) electrons. The Hall–Kier alpha value is -0.790. The molecule has 1 aliphatic rings. The molecule has 1 unspecified atom stereocenters. The Morgan fingerprint density at radius 2 is 1.72 bits per heavy atom. The summed E-state index contributed by atoms with van der Waals surface area (Å²) in [5.41, 5.74) is 1.46. The lowest BCUT2D eigenvalue weighted by atomic mass is 9.89. The van der Waals surface area contributed by atoms with E-state index in [-0.39, 0.29) is 12.4 Å². The third-order valence-electron chi connectivity index (χ3n) is 4.17. The third kappa shape index (κ3) is 3.15. The van der Waals surface area contributed by atoms with E-state index >= 15 is 0 Å². The van der Waals surface area contributed by atoms with Crippen molar-refractivity contribution < 1.29 is 16.9 Å². The topological polar surface area (TPSA) is 0 Å². The molecule has 0 aromatic heterocycles. The van der Waals surface area contributed by atoms with Crippen molar-refractivity contribution in [2.75, 3.05) is 14.1 Å². The smallest absolute Gasteiger partial charge is 0.121 e. The lowest BCUT2D eigenvalue weighted by Gasteiger charge is -2.38. The summed E-state index contributed by atoms with van der Waals surface area (Å²) in [6.07, 6.45) is 7.61. The van der Waals surface area contributed by atoms with Gasteiger partial charge in [-0.05, 0) is 19.4 Å². The zero-order valence-corrected chi connectivity index (χ0v) is 12.2. The molecule has 0 bridgehead atoms. The number of hydrogen-bond acceptors (Lipinski definition) is 0. The molecule has 1 nitrogen and oxygen atoms in total. The van der Waals surface area contributed by atoms with Gasteiger partial charge >= 0.3 is 0 Å². The van der Waals surface area contributed by atoms with Gasteiger partial charge in [0.2, 0.25) is 0 Å². The van der Waals surface area contributed by atoms with Gasteiger partial charge in [-0.1, -0.05) is 43.2 Å². The lowest BCUT2D eigenvalue weighted by molar-refractivity contribution is -0.876. The molecule has 0 N–H and O–H groups in total. The highest BCUT2D eigenvalue weighted by molar-refractivity contribution is 5.18. The number of benzene rings is 1. The van der Waals surface area contributed by atoms with Crippen LogP contribution < -0.4 is 12.4 Å². The molecule has 1 atom stereocenters. The van der Waals surface area contributed by atoms with Crippen LogP contribution in [0.4, 0.5) is 0 Å². The summed E-state index contributed by atoms with van der Waals surface area (Å²) in [5, 5.41) is 0. The SMILES string of the molecule is C=C[N+](C)(C)C(c1ccccc1)C1CCCC1.[Cl-]. The fourth-order valence-electron chi connectivity index (χ4n) is 3.24. The summed E-state index contributed by atoms with van der Waals surface area (Å²) in [6.45, 7) is 4.02. The van der Waals surface area contributed by atoms with Crippen molar-refractivity contribution in [2.45, 2.75) is 31.7 Å².